The van der Waals surface area contributed by atoms with E-state index < -0.39 is 5.97 Å². The summed E-state index contributed by atoms with van der Waals surface area (Å²) in [6.45, 7) is 2.48. The Labute approximate surface area is 175 Å². The van der Waals surface area contributed by atoms with E-state index in [1.54, 1.807) is 7.11 Å². The molecule has 0 spiro atoms. The molecule has 0 bridgehead atoms. The van der Waals surface area contributed by atoms with Crippen molar-refractivity contribution in [3.8, 4) is 5.75 Å². The molecule has 2 aliphatic rings. The molecule has 2 atom stereocenters. The lowest BCUT2D eigenvalue weighted by Crippen LogP contribution is -2.48. The van der Waals surface area contributed by atoms with Crippen LogP contribution in [-0.2, 0) is 20.7 Å². The molecule has 2 aromatic rings. The van der Waals surface area contributed by atoms with Crippen molar-refractivity contribution in [1.82, 2.24) is 14.9 Å². The second kappa shape index (κ2) is 9.04. The van der Waals surface area contributed by atoms with Crippen LogP contribution in [0, 0.1) is 17.8 Å². The van der Waals surface area contributed by atoms with Gasteiger partial charge in [-0.3, -0.25) is 9.59 Å². The summed E-state index contributed by atoms with van der Waals surface area (Å²) in [5, 5.41) is 9.37. The largest absolute Gasteiger partial charge is 0.497 e. The van der Waals surface area contributed by atoms with Crippen LogP contribution in [0.3, 0.4) is 0 Å². The van der Waals surface area contributed by atoms with Gasteiger partial charge in [-0.25, -0.2) is 4.98 Å². The molecule has 0 saturated carbocycles. The van der Waals surface area contributed by atoms with E-state index in [4.69, 9.17) is 9.47 Å². The maximum atomic E-state index is 13.0. The molecule has 2 N–H and O–H groups in total. The molecule has 1 aromatic carbocycles. The molecule has 8 nitrogen and oxygen atoms in total. The van der Waals surface area contributed by atoms with Crippen molar-refractivity contribution < 1.29 is 24.2 Å². The smallest absolute Gasteiger partial charge is 0.303 e. The van der Waals surface area contributed by atoms with Crippen molar-refractivity contribution >= 4 is 22.9 Å². The topological polar surface area (TPSA) is 105 Å². The summed E-state index contributed by atoms with van der Waals surface area (Å²) in [6, 6.07) is 5.68. The number of carbonyl (C=O) groups is 2. The standard InChI is InChI=1S/C22H29N3O5/c1-29-17-2-3-18-19(12-17)24-20(23-18)10-16-13-25(7-4-15(16)11-21(26)27)22(28)14-5-8-30-9-6-14/h2-3,12,14-16H,4-11,13H2,1H3,(H,23,24)(H,26,27)/t15-,16-/m0/s1. The Morgan fingerprint density at radius 1 is 1.27 bits per heavy atom. The number of aliphatic carboxylic acids is 1. The number of rotatable bonds is 6. The Hall–Kier alpha value is -2.61. The van der Waals surface area contributed by atoms with Crippen LogP contribution < -0.4 is 4.74 Å². The number of carboxylic acid groups (broad SMARTS) is 1. The molecule has 1 amide bonds. The number of methoxy groups -OCH3 is 1. The van der Waals surface area contributed by atoms with Gasteiger partial charge in [0.25, 0.3) is 0 Å². The highest BCUT2D eigenvalue weighted by atomic mass is 16.5. The number of piperidine rings is 1. The van der Waals surface area contributed by atoms with Gasteiger partial charge in [0.1, 0.15) is 11.6 Å². The van der Waals surface area contributed by atoms with Gasteiger partial charge in [0.15, 0.2) is 0 Å². The molecule has 2 fully saturated rings. The first-order valence-corrected chi connectivity index (χ1v) is 10.6. The van der Waals surface area contributed by atoms with Gasteiger partial charge in [-0.2, -0.15) is 0 Å². The summed E-state index contributed by atoms with van der Waals surface area (Å²) in [7, 11) is 1.63. The van der Waals surface area contributed by atoms with Gasteiger partial charge >= 0.3 is 5.97 Å². The van der Waals surface area contributed by atoms with Crippen LogP contribution in [0.2, 0.25) is 0 Å². The van der Waals surface area contributed by atoms with Crippen molar-refractivity contribution in [3.63, 3.8) is 0 Å². The lowest BCUT2D eigenvalue weighted by Gasteiger charge is -2.40. The molecule has 1 aromatic heterocycles. The van der Waals surface area contributed by atoms with Gasteiger partial charge in [0.05, 0.1) is 18.1 Å². The summed E-state index contributed by atoms with van der Waals surface area (Å²) in [5.41, 5.74) is 1.75. The fraction of sp³-hybridized carbons (Fsp3) is 0.591. The average molecular weight is 415 g/mol. The number of fused-ring (bicyclic) bond motifs is 1. The van der Waals surface area contributed by atoms with Gasteiger partial charge in [-0.05, 0) is 43.2 Å². The zero-order valence-corrected chi connectivity index (χ0v) is 17.3. The number of ether oxygens (including phenoxy) is 2. The van der Waals surface area contributed by atoms with E-state index >= 15 is 0 Å². The number of nitrogens with one attached hydrogen (secondary N) is 1. The van der Waals surface area contributed by atoms with Gasteiger partial charge < -0.3 is 24.5 Å². The highest BCUT2D eigenvalue weighted by Gasteiger charge is 2.35. The predicted octanol–water partition coefficient (Wildman–Crippen LogP) is 2.48. The number of hydrogen-bond donors (Lipinski definition) is 2. The monoisotopic (exact) mass is 415 g/mol. The van der Waals surface area contributed by atoms with E-state index in [0.717, 1.165) is 35.4 Å². The molecule has 8 heteroatoms. The van der Waals surface area contributed by atoms with E-state index in [2.05, 4.69) is 9.97 Å². The fourth-order valence-corrected chi connectivity index (χ4v) is 4.72. The van der Waals surface area contributed by atoms with E-state index in [0.29, 0.717) is 39.1 Å². The first-order chi connectivity index (χ1) is 14.5. The minimum Gasteiger partial charge on any atom is -0.497 e. The third kappa shape index (κ3) is 4.59. The number of H-pyrrole nitrogens is 1. The maximum Gasteiger partial charge on any atom is 0.303 e. The molecular formula is C22H29N3O5. The maximum absolute atomic E-state index is 13.0. The molecule has 30 heavy (non-hydrogen) atoms. The summed E-state index contributed by atoms with van der Waals surface area (Å²) in [4.78, 5) is 34.4. The predicted molar refractivity (Wildman–Crippen MR) is 110 cm³/mol. The minimum absolute atomic E-state index is 0.0223. The zero-order valence-electron chi connectivity index (χ0n) is 17.3. The van der Waals surface area contributed by atoms with Crippen molar-refractivity contribution in [2.75, 3.05) is 33.4 Å². The normalized spacial score (nSPS) is 22.9. The third-order valence-electron chi connectivity index (χ3n) is 6.40. The van der Waals surface area contributed by atoms with Crippen LogP contribution >= 0.6 is 0 Å². The number of likely N-dealkylation sites (tertiary alicyclic amines) is 1. The number of benzene rings is 1. The van der Waals surface area contributed by atoms with Crippen molar-refractivity contribution in [1.29, 1.82) is 0 Å². The molecule has 4 rings (SSSR count). The molecule has 0 unspecified atom stereocenters. The van der Waals surface area contributed by atoms with Crippen LogP contribution in [0.5, 0.6) is 5.75 Å². The van der Waals surface area contributed by atoms with Crippen LogP contribution in [0.1, 0.15) is 31.5 Å². The number of carboxylic acids is 1. The average Bonchev–Trinajstić information content (AvgIpc) is 3.16. The zero-order chi connectivity index (χ0) is 21.1. The number of imidazole rings is 1. The molecule has 162 valence electrons. The van der Waals surface area contributed by atoms with Crippen LogP contribution in [-0.4, -0.2) is 65.3 Å². The lowest BCUT2D eigenvalue weighted by atomic mass is 9.80. The van der Waals surface area contributed by atoms with E-state index in [9.17, 15) is 14.7 Å². The number of nitrogens with zero attached hydrogens (tertiary/aromatic N) is 2. The Balaban J connectivity index is 1.50. The van der Waals surface area contributed by atoms with E-state index in [1.165, 1.54) is 0 Å². The molecular weight excluding hydrogens is 386 g/mol. The van der Waals surface area contributed by atoms with E-state index in [-0.39, 0.29) is 30.1 Å². The molecule has 2 aliphatic heterocycles. The van der Waals surface area contributed by atoms with E-state index in [1.807, 2.05) is 23.1 Å². The molecule has 0 radical (unpaired) electrons. The van der Waals surface area contributed by atoms with Crippen molar-refractivity contribution in [3.05, 3.63) is 24.0 Å². The summed E-state index contributed by atoms with van der Waals surface area (Å²) >= 11 is 0. The number of aromatic nitrogens is 2. The van der Waals surface area contributed by atoms with Gasteiger partial charge in [0, 0.05) is 51.1 Å². The Morgan fingerprint density at radius 2 is 2.07 bits per heavy atom. The Bertz CT molecular complexity index is 905. The Kier molecular flexibility index (Phi) is 6.22. The van der Waals surface area contributed by atoms with Gasteiger partial charge in [-0.1, -0.05) is 0 Å². The summed E-state index contributed by atoms with van der Waals surface area (Å²) in [5.74, 6) is 1.08. The number of hydrogen-bond acceptors (Lipinski definition) is 5. The quantitative estimate of drug-likeness (QED) is 0.751. The van der Waals surface area contributed by atoms with Gasteiger partial charge in [-0.15, -0.1) is 0 Å². The first kappa shape index (κ1) is 20.7. The van der Waals surface area contributed by atoms with Crippen LogP contribution in [0.4, 0.5) is 0 Å². The minimum atomic E-state index is -0.788. The van der Waals surface area contributed by atoms with Crippen LogP contribution in [0.15, 0.2) is 18.2 Å². The third-order valence-corrected chi connectivity index (χ3v) is 6.40. The first-order valence-electron chi connectivity index (χ1n) is 10.6. The fourth-order valence-electron chi connectivity index (χ4n) is 4.72. The second-order valence-electron chi connectivity index (χ2n) is 8.35. The summed E-state index contributed by atoms with van der Waals surface area (Å²) < 4.78 is 10.7. The number of aromatic amines is 1. The lowest BCUT2D eigenvalue weighted by molar-refractivity contribution is -0.142. The highest BCUT2D eigenvalue weighted by Crippen LogP contribution is 2.31. The molecule has 3 heterocycles. The summed E-state index contributed by atoms with van der Waals surface area (Å²) in [6.07, 6.45) is 2.98. The van der Waals surface area contributed by atoms with Gasteiger partial charge in [0.2, 0.25) is 5.91 Å². The Morgan fingerprint density at radius 3 is 2.80 bits per heavy atom. The van der Waals surface area contributed by atoms with Crippen molar-refractivity contribution in [2.45, 2.75) is 32.1 Å². The number of carbonyl (C=O) groups excluding carboxylic acids is 1. The van der Waals surface area contributed by atoms with Crippen LogP contribution in [0.25, 0.3) is 11.0 Å². The SMILES string of the molecule is COc1ccc2nc(C[C@H]3CN(C(=O)C4CCOCC4)CC[C@H]3CC(=O)O)[nH]c2c1. The van der Waals surface area contributed by atoms with Crippen molar-refractivity contribution in [2.24, 2.45) is 17.8 Å². The second-order valence-corrected chi connectivity index (χ2v) is 8.35. The molecule has 0 aliphatic carbocycles. The number of amides is 1. The highest BCUT2D eigenvalue weighted by molar-refractivity contribution is 5.79. The molecule has 2 saturated heterocycles.